The van der Waals surface area contributed by atoms with Gasteiger partial charge in [0.2, 0.25) is 11.9 Å². The summed E-state index contributed by atoms with van der Waals surface area (Å²) in [5.74, 6) is 0.378. The lowest BCUT2D eigenvalue weighted by atomic mass is 9.87. The Bertz CT molecular complexity index is 752. The van der Waals surface area contributed by atoms with E-state index in [1.807, 2.05) is 12.1 Å². The zero-order chi connectivity index (χ0) is 15.0. The van der Waals surface area contributed by atoms with Gasteiger partial charge in [0.1, 0.15) is 11.6 Å². The predicted octanol–water partition coefficient (Wildman–Crippen LogP) is 0.835. The number of rotatable bonds is 2. The van der Waals surface area contributed by atoms with Crippen molar-refractivity contribution in [2.75, 3.05) is 18.2 Å². The smallest absolute Gasteiger partial charge is 0.258 e. The summed E-state index contributed by atoms with van der Waals surface area (Å²) in [5, 5.41) is 2.59. The minimum absolute atomic E-state index is 0.0190. The van der Waals surface area contributed by atoms with E-state index in [9.17, 15) is 9.59 Å². The molecule has 1 aromatic carbocycles. The van der Waals surface area contributed by atoms with Crippen LogP contribution in [0.3, 0.4) is 0 Å². The van der Waals surface area contributed by atoms with Crippen LogP contribution in [-0.2, 0) is 4.79 Å². The van der Waals surface area contributed by atoms with E-state index < -0.39 is 0 Å². The Morgan fingerprint density at radius 3 is 2.67 bits per heavy atom. The molecule has 1 aromatic heterocycles. The molecule has 1 aliphatic rings. The number of nitrogens with one attached hydrogen (secondary N) is 2. The maximum atomic E-state index is 12.1. The van der Waals surface area contributed by atoms with Gasteiger partial charge in [0.25, 0.3) is 5.56 Å². The van der Waals surface area contributed by atoms with Crippen molar-refractivity contribution >= 4 is 17.7 Å². The van der Waals surface area contributed by atoms with Crippen molar-refractivity contribution in [2.45, 2.75) is 12.3 Å². The Hall–Kier alpha value is -2.83. The van der Waals surface area contributed by atoms with Gasteiger partial charge in [-0.1, -0.05) is 12.1 Å². The molecule has 4 N–H and O–H groups in total. The maximum absolute atomic E-state index is 12.1. The van der Waals surface area contributed by atoms with E-state index in [1.165, 1.54) is 0 Å². The molecule has 1 atom stereocenters. The average molecular weight is 286 g/mol. The summed E-state index contributed by atoms with van der Waals surface area (Å²) in [4.78, 5) is 30.4. The van der Waals surface area contributed by atoms with Crippen LogP contribution in [0.4, 0.5) is 11.8 Å². The van der Waals surface area contributed by atoms with Crippen LogP contribution in [0.25, 0.3) is 0 Å². The Morgan fingerprint density at radius 2 is 2.00 bits per heavy atom. The van der Waals surface area contributed by atoms with Crippen LogP contribution in [0.1, 0.15) is 23.5 Å². The normalized spacial score (nSPS) is 17.0. The van der Waals surface area contributed by atoms with Crippen molar-refractivity contribution in [3.8, 4) is 5.75 Å². The standard InChI is InChI=1S/C14H14N4O3/c1-21-8-4-2-7(3-5-8)9-6-10(19)16-12-11(9)13(20)18-14(15)17-12/h2-5,9H,6H2,1H3,(H4,15,16,17,18,19,20)/t9-/m0/s1. The molecular weight excluding hydrogens is 272 g/mol. The zero-order valence-electron chi connectivity index (χ0n) is 11.3. The molecular formula is C14H14N4O3. The number of nitrogen functional groups attached to an aromatic ring is 1. The molecule has 0 unspecified atom stereocenters. The Labute approximate surface area is 120 Å². The van der Waals surface area contributed by atoms with Crippen LogP contribution in [0, 0.1) is 0 Å². The quantitative estimate of drug-likeness (QED) is 0.757. The third-order valence-electron chi connectivity index (χ3n) is 3.49. The zero-order valence-corrected chi connectivity index (χ0v) is 11.3. The van der Waals surface area contributed by atoms with Gasteiger partial charge in [0, 0.05) is 12.3 Å². The number of amides is 1. The molecule has 0 saturated carbocycles. The average Bonchev–Trinajstić information content (AvgIpc) is 2.45. The molecule has 0 bridgehead atoms. The monoisotopic (exact) mass is 286 g/mol. The van der Waals surface area contributed by atoms with E-state index in [0.29, 0.717) is 11.3 Å². The molecule has 2 heterocycles. The van der Waals surface area contributed by atoms with Gasteiger partial charge in [-0.15, -0.1) is 0 Å². The molecule has 0 radical (unpaired) electrons. The number of aromatic nitrogens is 2. The molecule has 0 aliphatic carbocycles. The summed E-state index contributed by atoms with van der Waals surface area (Å²) in [6.07, 6.45) is 0.188. The number of carbonyl (C=O) groups is 1. The van der Waals surface area contributed by atoms with Gasteiger partial charge < -0.3 is 15.8 Å². The van der Waals surface area contributed by atoms with Crippen molar-refractivity contribution in [3.63, 3.8) is 0 Å². The number of nitrogens with zero attached hydrogens (tertiary/aromatic N) is 1. The molecule has 0 spiro atoms. The van der Waals surface area contributed by atoms with E-state index in [4.69, 9.17) is 10.5 Å². The predicted molar refractivity (Wildman–Crippen MR) is 77.4 cm³/mol. The molecule has 0 saturated heterocycles. The second-order valence-corrected chi connectivity index (χ2v) is 4.79. The fourth-order valence-corrected chi connectivity index (χ4v) is 2.51. The highest BCUT2D eigenvalue weighted by Crippen LogP contribution is 2.34. The largest absolute Gasteiger partial charge is 0.497 e. The van der Waals surface area contributed by atoms with Crippen molar-refractivity contribution in [1.29, 1.82) is 0 Å². The van der Waals surface area contributed by atoms with E-state index in [1.54, 1.807) is 19.2 Å². The summed E-state index contributed by atoms with van der Waals surface area (Å²) >= 11 is 0. The number of nitrogens with two attached hydrogens (primary N) is 1. The minimum atomic E-state index is -0.350. The first kappa shape index (κ1) is 13.2. The second kappa shape index (κ2) is 4.93. The van der Waals surface area contributed by atoms with Crippen LogP contribution in [0.15, 0.2) is 29.1 Å². The third kappa shape index (κ3) is 2.33. The summed E-state index contributed by atoms with van der Waals surface area (Å²) in [7, 11) is 1.58. The molecule has 0 fully saturated rings. The number of hydrogen-bond donors (Lipinski definition) is 3. The summed E-state index contributed by atoms with van der Waals surface area (Å²) in [6, 6.07) is 7.25. The lowest BCUT2D eigenvalue weighted by Gasteiger charge is -2.24. The number of aromatic amines is 1. The van der Waals surface area contributed by atoms with Crippen LogP contribution < -0.4 is 21.3 Å². The second-order valence-electron chi connectivity index (χ2n) is 4.79. The first-order chi connectivity index (χ1) is 10.1. The highest BCUT2D eigenvalue weighted by Gasteiger charge is 2.30. The van der Waals surface area contributed by atoms with Crippen molar-refractivity contribution in [3.05, 3.63) is 45.7 Å². The third-order valence-corrected chi connectivity index (χ3v) is 3.49. The van der Waals surface area contributed by atoms with E-state index in [0.717, 1.165) is 5.56 Å². The summed E-state index contributed by atoms with van der Waals surface area (Å²) in [6.45, 7) is 0. The fourth-order valence-electron chi connectivity index (χ4n) is 2.51. The Kier molecular flexibility index (Phi) is 3.09. The van der Waals surface area contributed by atoms with E-state index in [-0.39, 0.29) is 35.6 Å². The molecule has 21 heavy (non-hydrogen) atoms. The minimum Gasteiger partial charge on any atom is -0.497 e. The van der Waals surface area contributed by atoms with Gasteiger partial charge in [0.15, 0.2) is 0 Å². The topological polar surface area (TPSA) is 110 Å². The molecule has 1 aliphatic heterocycles. The van der Waals surface area contributed by atoms with Gasteiger partial charge in [-0.25, -0.2) is 0 Å². The number of H-pyrrole nitrogens is 1. The van der Waals surface area contributed by atoms with E-state index in [2.05, 4.69) is 15.3 Å². The SMILES string of the molecule is COc1ccc([C@@H]2CC(=O)Nc3nc(N)[nH]c(=O)c32)cc1. The van der Waals surface area contributed by atoms with Gasteiger partial charge in [-0.3, -0.25) is 14.6 Å². The summed E-state index contributed by atoms with van der Waals surface area (Å²) in [5.41, 5.74) is 6.46. The van der Waals surface area contributed by atoms with Crippen molar-refractivity contribution < 1.29 is 9.53 Å². The Morgan fingerprint density at radius 1 is 1.29 bits per heavy atom. The first-order valence-electron chi connectivity index (χ1n) is 6.42. The fraction of sp³-hybridized carbons (Fsp3) is 0.214. The number of anilines is 2. The highest BCUT2D eigenvalue weighted by molar-refractivity contribution is 5.94. The Balaban J connectivity index is 2.12. The molecule has 7 nitrogen and oxygen atoms in total. The van der Waals surface area contributed by atoms with Crippen LogP contribution in [0.5, 0.6) is 5.75 Å². The van der Waals surface area contributed by atoms with Crippen molar-refractivity contribution in [2.24, 2.45) is 0 Å². The van der Waals surface area contributed by atoms with Gasteiger partial charge >= 0.3 is 0 Å². The number of hydrogen-bond acceptors (Lipinski definition) is 5. The number of benzene rings is 1. The van der Waals surface area contributed by atoms with Gasteiger partial charge in [-0.05, 0) is 17.7 Å². The van der Waals surface area contributed by atoms with Gasteiger partial charge in [0.05, 0.1) is 12.7 Å². The molecule has 2 aromatic rings. The molecule has 108 valence electrons. The van der Waals surface area contributed by atoms with Crippen molar-refractivity contribution in [1.82, 2.24) is 9.97 Å². The van der Waals surface area contributed by atoms with Crippen LogP contribution in [-0.4, -0.2) is 23.0 Å². The highest BCUT2D eigenvalue weighted by atomic mass is 16.5. The molecule has 7 heteroatoms. The number of ether oxygens (including phenoxy) is 1. The van der Waals surface area contributed by atoms with Crippen LogP contribution >= 0.6 is 0 Å². The lowest BCUT2D eigenvalue weighted by molar-refractivity contribution is -0.116. The maximum Gasteiger partial charge on any atom is 0.258 e. The molecule has 1 amide bonds. The van der Waals surface area contributed by atoms with Crippen LogP contribution in [0.2, 0.25) is 0 Å². The van der Waals surface area contributed by atoms with E-state index >= 15 is 0 Å². The lowest BCUT2D eigenvalue weighted by Crippen LogP contribution is -2.31. The number of methoxy groups -OCH3 is 1. The molecule has 3 rings (SSSR count). The number of fused-ring (bicyclic) bond motifs is 1. The first-order valence-corrected chi connectivity index (χ1v) is 6.42. The number of carbonyl (C=O) groups excluding carboxylic acids is 1. The van der Waals surface area contributed by atoms with Gasteiger partial charge in [-0.2, -0.15) is 4.98 Å². The summed E-state index contributed by atoms with van der Waals surface area (Å²) < 4.78 is 5.11.